The van der Waals surface area contributed by atoms with E-state index in [0.29, 0.717) is 0 Å². The molecule has 1 heterocycles. The minimum atomic E-state index is -0.933. The van der Waals surface area contributed by atoms with E-state index < -0.39 is 17.6 Å². The Kier molecular flexibility index (Phi) is 1.52. The van der Waals surface area contributed by atoms with Gasteiger partial charge in [-0.05, 0) is 19.3 Å². The molecular weight excluding hydrogens is 172 g/mol. The minimum absolute atomic E-state index is 0.271. The maximum absolute atomic E-state index is 11.2. The smallest absolute Gasteiger partial charge is 0.328 e. The highest BCUT2D eigenvalue weighted by molar-refractivity contribution is 5.89. The molecule has 1 atom stereocenters. The summed E-state index contributed by atoms with van der Waals surface area (Å²) in [5.74, 6) is -0.933. The lowest BCUT2D eigenvalue weighted by atomic mass is 9.71. The first-order valence-electron chi connectivity index (χ1n) is 4.35. The molecule has 2 amide bonds. The van der Waals surface area contributed by atoms with Gasteiger partial charge in [0.1, 0.15) is 0 Å². The molecule has 1 aliphatic heterocycles. The summed E-state index contributed by atoms with van der Waals surface area (Å²) in [5.41, 5.74) is -0.442. The van der Waals surface area contributed by atoms with Crippen molar-refractivity contribution in [3.8, 4) is 0 Å². The number of carbonyl (C=O) groups excluding carboxylic acids is 1. The van der Waals surface area contributed by atoms with Gasteiger partial charge in [0, 0.05) is 7.05 Å². The van der Waals surface area contributed by atoms with Crippen molar-refractivity contribution in [3.63, 3.8) is 0 Å². The van der Waals surface area contributed by atoms with Gasteiger partial charge in [-0.2, -0.15) is 0 Å². The molecule has 0 radical (unpaired) electrons. The molecule has 13 heavy (non-hydrogen) atoms. The maximum Gasteiger partial charge on any atom is 0.328 e. The third kappa shape index (κ3) is 0.868. The Morgan fingerprint density at radius 3 is 2.62 bits per heavy atom. The largest absolute Gasteiger partial charge is 0.480 e. The molecule has 5 nitrogen and oxygen atoms in total. The number of hydrogen-bond acceptors (Lipinski definition) is 2. The first-order chi connectivity index (χ1) is 6.08. The number of nitrogens with zero attached hydrogens (tertiary/aromatic N) is 1. The molecule has 0 unspecified atom stereocenters. The highest BCUT2D eigenvalue weighted by Crippen LogP contribution is 2.42. The fraction of sp³-hybridized carbons (Fsp3) is 0.750. The van der Waals surface area contributed by atoms with Crippen LogP contribution in [-0.4, -0.2) is 40.6 Å². The Labute approximate surface area is 75.7 Å². The monoisotopic (exact) mass is 184 g/mol. The lowest BCUT2D eigenvalue weighted by Crippen LogP contribution is -2.58. The summed E-state index contributed by atoms with van der Waals surface area (Å²) in [4.78, 5) is 23.6. The molecule has 0 aromatic carbocycles. The first kappa shape index (κ1) is 8.34. The van der Waals surface area contributed by atoms with Crippen molar-refractivity contribution in [2.24, 2.45) is 0 Å². The minimum Gasteiger partial charge on any atom is -0.480 e. The third-order valence-electron chi connectivity index (χ3n) is 3.24. The predicted octanol–water partition coefficient (Wildman–Crippen LogP) is 0.0173. The van der Waals surface area contributed by atoms with Gasteiger partial charge in [-0.15, -0.1) is 0 Å². The summed E-state index contributed by atoms with van der Waals surface area (Å²) in [6.07, 6.45) is 2.58. The quantitative estimate of drug-likeness (QED) is 0.603. The second-order valence-electron chi connectivity index (χ2n) is 3.74. The standard InChI is InChI=1S/C8H12N2O3/c1-10-7(13)9-5(6(11)12)8(10)3-2-4-8/h5H,2-4H2,1H3,(H,9,13)(H,11,12)/t5-/m1/s1. The number of rotatable bonds is 1. The Morgan fingerprint density at radius 1 is 1.69 bits per heavy atom. The van der Waals surface area contributed by atoms with Crippen LogP contribution in [0.2, 0.25) is 0 Å². The van der Waals surface area contributed by atoms with Gasteiger partial charge in [-0.1, -0.05) is 0 Å². The van der Waals surface area contributed by atoms with Crippen LogP contribution in [0.4, 0.5) is 4.79 Å². The van der Waals surface area contributed by atoms with Gasteiger partial charge in [-0.3, -0.25) is 0 Å². The Morgan fingerprint density at radius 2 is 2.31 bits per heavy atom. The number of amides is 2. The Hall–Kier alpha value is -1.26. The van der Waals surface area contributed by atoms with Crippen LogP contribution in [0.5, 0.6) is 0 Å². The third-order valence-corrected chi connectivity index (χ3v) is 3.24. The lowest BCUT2D eigenvalue weighted by molar-refractivity contribution is -0.142. The molecule has 2 N–H and O–H groups in total. The van der Waals surface area contributed by atoms with Crippen LogP contribution in [0, 0.1) is 0 Å². The number of nitrogens with one attached hydrogen (secondary N) is 1. The average molecular weight is 184 g/mol. The number of aliphatic carboxylic acids is 1. The number of carboxylic acids is 1. The van der Waals surface area contributed by atoms with Crippen LogP contribution in [0.3, 0.4) is 0 Å². The van der Waals surface area contributed by atoms with E-state index in [1.54, 1.807) is 7.05 Å². The molecule has 72 valence electrons. The molecule has 2 rings (SSSR count). The molecule has 1 saturated carbocycles. The van der Waals surface area contributed by atoms with Crippen molar-refractivity contribution in [1.29, 1.82) is 0 Å². The van der Waals surface area contributed by atoms with E-state index in [0.717, 1.165) is 19.3 Å². The molecule has 1 aliphatic carbocycles. The molecule has 2 aliphatic rings. The molecule has 1 spiro atoms. The van der Waals surface area contributed by atoms with Crippen molar-refractivity contribution in [2.75, 3.05) is 7.05 Å². The Bertz CT molecular complexity index is 273. The predicted molar refractivity (Wildman–Crippen MR) is 44.3 cm³/mol. The van der Waals surface area contributed by atoms with E-state index in [-0.39, 0.29) is 6.03 Å². The van der Waals surface area contributed by atoms with Crippen molar-refractivity contribution in [1.82, 2.24) is 10.2 Å². The van der Waals surface area contributed by atoms with E-state index in [4.69, 9.17) is 5.11 Å². The second-order valence-corrected chi connectivity index (χ2v) is 3.74. The summed E-state index contributed by atoms with van der Waals surface area (Å²) >= 11 is 0. The lowest BCUT2D eigenvalue weighted by Gasteiger charge is -2.44. The van der Waals surface area contributed by atoms with E-state index in [1.165, 1.54) is 4.90 Å². The maximum atomic E-state index is 11.2. The summed E-state index contributed by atoms with van der Waals surface area (Å²) in [7, 11) is 1.66. The first-order valence-corrected chi connectivity index (χ1v) is 4.35. The van der Waals surface area contributed by atoms with Gasteiger partial charge in [0.25, 0.3) is 0 Å². The fourth-order valence-electron chi connectivity index (χ4n) is 2.21. The van der Waals surface area contributed by atoms with E-state index >= 15 is 0 Å². The molecular formula is C8H12N2O3. The van der Waals surface area contributed by atoms with Crippen LogP contribution < -0.4 is 5.32 Å². The molecule has 5 heteroatoms. The number of likely N-dealkylation sites (N-methyl/N-ethyl adjacent to an activating group) is 1. The average Bonchev–Trinajstić information content (AvgIpc) is 2.24. The topological polar surface area (TPSA) is 69.6 Å². The van der Waals surface area contributed by atoms with E-state index in [2.05, 4.69) is 5.32 Å². The van der Waals surface area contributed by atoms with Gasteiger partial charge in [0.2, 0.25) is 0 Å². The molecule has 1 saturated heterocycles. The zero-order valence-corrected chi connectivity index (χ0v) is 7.41. The number of urea groups is 1. The second kappa shape index (κ2) is 2.37. The summed E-state index contributed by atoms with van der Waals surface area (Å²) in [6.45, 7) is 0. The zero-order valence-electron chi connectivity index (χ0n) is 7.41. The highest BCUT2D eigenvalue weighted by Gasteiger charge is 2.57. The fourth-order valence-corrected chi connectivity index (χ4v) is 2.21. The van der Waals surface area contributed by atoms with E-state index in [1.807, 2.05) is 0 Å². The van der Waals surface area contributed by atoms with Gasteiger partial charge in [0.05, 0.1) is 5.54 Å². The molecule has 2 fully saturated rings. The van der Waals surface area contributed by atoms with Gasteiger partial charge in [0.15, 0.2) is 6.04 Å². The zero-order chi connectivity index (χ0) is 9.64. The van der Waals surface area contributed by atoms with Crippen molar-refractivity contribution >= 4 is 12.0 Å². The highest BCUT2D eigenvalue weighted by atomic mass is 16.4. The SMILES string of the molecule is CN1C(=O)N[C@H](C(=O)O)C12CCC2. The summed E-state index contributed by atoms with van der Waals surface area (Å²) in [6, 6.07) is -0.995. The molecule has 0 bridgehead atoms. The normalized spacial score (nSPS) is 30.1. The van der Waals surface area contributed by atoms with E-state index in [9.17, 15) is 9.59 Å². The van der Waals surface area contributed by atoms with Gasteiger partial charge < -0.3 is 15.3 Å². The van der Waals surface area contributed by atoms with Crippen LogP contribution in [0.15, 0.2) is 0 Å². The molecule has 0 aromatic rings. The molecule has 0 aromatic heterocycles. The van der Waals surface area contributed by atoms with Crippen molar-refractivity contribution in [2.45, 2.75) is 30.8 Å². The van der Waals surface area contributed by atoms with Crippen molar-refractivity contribution in [3.05, 3.63) is 0 Å². The number of carboxylic acid groups (broad SMARTS) is 1. The van der Waals surface area contributed by atoms with Crippen LogP contribution in [0.25, 0.3) is 0 Å². The van der Waals surface area contributed by atoms with Crippen LogP contribution in [-0.2, 0) is 4.79 Å². The van der Waals surface area contributed by atoms with Crippen LogP contribution >= 0.6 is 0 Å². The van der Waals surface area contributed by atoms with Gasteiger partial charge >= 0.3 is 12.0 Å². The summed E-state index contributed by atoms with van der Waals surface area (Å²) in [5, 5.41) is 11.4. The Balaban J connectivity index is 2.29. The number of carbonyl (C=O) groups is 2. The van der Waals surface area contributed by atoms with Crippen LogP contribution in [0.1, 0.15) is 19.3 Å². The van der Waals surface area contributed by atoms with Gasteiger partial charge in [-0.25, -0.2) is 9.59 Å². The van der Waals surface area contributed by atoms with Crippen molar-refractivity contribution < 1.29 is 14.7 Å². The number of hydrogen-bond donors (Lipinski definition) is 2. The summed E-state index contributed by atoms with van der Waals surface area (Å²) < 4.78 is 0.